The van der Waals surface area contributed by atoms with E-state index in [1.165, 1.54) is 26.2 Å². The van der Waals surface area contributed by atoms with Crippen LogP contribution >= 0.6 is 23.2 Å². The molecule has 2 amide bonds. The molecule has 1 fully saturated rings. The van der Waals surface area contributed by atoms with Crippen molar-refractivity contribution in [1.29, 1.82) is 0 Å². The van der Waals surface area contributed by atoms with Crippen molar-refractivity contribution in [1.82, 2.24) is 18.4 Å². The van der Waals surface area contributed by atoms with Gasteiger partial charge in [0.05, 0.1) is 34.1 Å². The van der Waals surface area contributed by atoms with E-state index >= 15 is 0 Å². The third kappa shape index (κ3) is 6.97. The highest BCUT2D eigenvalue weighted by atomic mass is 35.5. The molecule has 3 unspecified atom stereocenters. The molecule has 5 rings (SSSR count). The molecule has 0 radical (unpaired) electrons. The summed E-state index contributed by atoms with van der Waals surface area (Å²) in [4.78, 5) is 23.3. The Bertz CT molecular complexity index is 1730. The van der Waals surface area contributed by atoms with Crippen molar-refractivity contribution in [3.05, 3.63) is 93.5 Å². The number of urea groups is 1. The van der Waals surface area contributed by atoms with E-state index in [0.29, 0.717) is 59.9 Å². The van der Waals surface area contributed by atoms with Crippen molar-refractivity contribution >= 4 is 56.1 Å². The van der Waals surface area contributed by atoms with Crippen LogP contribution in [0.1, 0.15) is 42.6 Å². The molecule has 0 N–H and O–H groups in total. The summed E-state index contributed by atoms with van der Waals surface area (Å²) in [6, 6.07) is 17.7. The van der Waals surface area contributed by atoms with Crippen LogP contribution in [0.15, 0.2) is 76.6 Å². The number of carbonyl (C=O) groups is 1. The molecule has 14 heteroatoms. The Kier molecular flexibility index (Phi) is 10.8. The predicted molar refractivity (Wildman–Crippen MR) is 182 cm³/mol. The molecule has 3 aromatic rings. The zero-order valence-electron chi connectivity index (χ0n) is 26.1. The third-order valence-corrected chi connectivity index (χ3v) is 11.8. The maximum Gasteiger partial charge on any atom is 0.326 e. The van der Waals surface area contributed by atoms with Gasteiger partial charge in [-0.05, 0) is 60.5 Å². The van der Waals surface area contributed by atoms with Crippen LogP contribution in [-0.4, -0.2) is 95.5 Å². The zero-order valence-corrected chi connectivity index (χ0v) is 29.2. The predicted octanol–water partition coefficient (Wildman–Crippen LogP) is 5.61. The van der Waals surface area contributed by atoms with Crippen LogP contribution in [-0.2, 0) is 21.0 Å². The van der Waals surface area contributed by atoms with Gasteiger partial charge in [-0.25, -0.2) is 26.0 Å². The molecular formula is C32H37Cl2N5O5S2. The standard InChI is InChI=1S/C32H37Cl2N5O5S2/c1-5-44-28-16-15-26(46(42,43)36(3)4)21-27(28)31-35-29(22-7-11-24(33)12-8-22)30(23-9-13-25(34)14-10-23)39(31)32(40)37-17-19-38(20-18-37)45(41)6-2/h7-16,21,29-30H,5-6,17-20H2,1-4H3. The van der Waals surface area contributed by atoms with Crippen LogP contribution in [0.5, 0.6) is 5.75 Å². The number of carbonyl (C=O) groups excluding carboxylic acids is 1. The molecule has 10 nitrogen and oxygen atoms in total. The lowest BCUT2D eigenvalue weighted by Crippen LogP contribution is -2.54. The molecule has 0 bridgehead atoms. The number of ether oxygens (including phenoxy) is 1. The van der Waals surface area contributed by atoms with Crippen molar-refractivity contribution in [3.8, 4) is 5.75 Å². The van der Waals surface area contributed by atoms with Crippen LogP contribution < -0.4 is 4.74 Å². The summed E-state index contributed by atoms with van der Waals surface area (Å²) in [7, 11) is -2.02. The van der Waals surface area contributed by atoms with Crippen molar-refractivity contribution in [3.63, 3.8) is 0 Å². The van der Waals surface area contributed by atoms with Crippen LogP contribution in [0.2, 0.25) is 10.0 Å². The maximum atomic E-state index is 14.7. The van der Waals surface area contributed by atoms with E-state index < -0.39 is 33.1 Å². The number of aliphatic imine (C=N–C) groups is 1. The zero-order chi connectivity index (χ0) is 33.2. The van der Waals surface area contributed by atoms with E-state index in [0.717, 1.165) is 15.4 Å². The lowest BCUT2D eigenvalue weighted by atomic mass is 9.93. The van der Waals surface area contributed by atoms with Gasteiger partial charge in [-0.2, -0.15) is 0 Å². The summed E-state index contributed by atoms with van der Waals surface area (Å²) in [5.74, 6) is 1.18. The highest BCUT2D eigenvalue weighted by Gasteiger charge is 2.45. The minimum absolute atomic E-state index is 0.0414. The molecule has 0 aromatic heterocycles. The Morgan fingerprint density at radius 2 is 1.52 bits per heavy atom. The second kappa shape index (κ2) is 14.4. The molecule has 2 aliphatic rings. The molecule has 0 spiro atoms. The Morgan fingerprint density at radius 3 is 2.07 bits per heavy atom. The second-order valence-corrected chi connectivity index (χ2v) is 15.8. The van der Waals surface area contributed by atoms with E-state index in [-0.39, 0.29) is 16.8 Å². The summed E-state index contributed by atoms with van der Waals surface area (Å²) in [6.07, 6.45) is 0. The molecule has 2 heterocycles. The molecule has 1 saturated heterocycles. The number of halogens is 2. The Labute approximate surface area is 283 Å². The highest BCUT2D eigenvalue weighted by Crippen LogP contribution is 2.46. The van der Waals surface area contributed by atoms with Crippen LogP contribution in [0, 0.1) is 0 Å². The SMILES string of the molecule is CCOc1ccc(S(=O)(=O)N(C)C)cc1C1=NC(c2ccc(Cl)cc2)C(c2ccc(Cl)cc2)N1C(=O)N1CCN(S(=O)CC)CC1. The minimum atomic E-state index is -3.83. The number of sulfonamides is 1. The fraction of sp³-hybridized carbons (Fsp3) is 0.375. The number of piperazine rings is 1. The Hall–Kier alpha value is -3.00. The fourth-order valence-corrected chi connectivity index (χ4v) is 7.73. The van der Waals surface area contributed by atoms with Crippen molar-refractivity contribution in [2.45, 2.75) is 30.8 Å². The van der Waals surface area contributed by atoms with E-state index in [4.69, 9.17) is 32.9 Å². The number of hydrogen-bond donors (Lipinski definition) is 0. The van der Waals surface area contributed by atoms with Gasteiger partial charge < -0.3 is 9.64 Å². The molecule has 0 aliphatic carbocycles. The van der Waals surface area contributed by atoms with Gasteiger partial charge in [-0.15, -0.1) is 0 Å². The Morgan fingerprint density at radius 1 is 0.935 bits per heavy atom. The van der Waals surface area contributed by atoms with E-state index in [9.17, 15) is 17.4 Å². The van der Waals surface area contributed by atoms with Crippen LogP contribution in [0.3, 0.4) is 0 Å². The normalized spacial score (nSPS) is 19.8. The topological polar surface area (TPSA) is 103 Å². The smallest absolute Gasteiger partial charge is 0.326 e. The first-order chi connectivity index (χ1) is 22.0. The molecule has 3 aromatic carbocycles. The van der Waals surface area contributed by atoms with Gasteiger partial charge in [0, 0.05) is 56.1 Å². The average Bonchev–Trinajstić information content (AvgIpc) is 3.45. The lowest BCUT2D eigenvalue weighted by Gasteiger charge is -2.38. The summed E-state index contributed by atoms with van der Waals surface area (Å²) in [5.41, 5.74) is 1.98. The van der Waals surface area contributed by atoms with Gasteiger partial charge in [-0.1, -0.05) is 54.4 Å². The second-order valence-electron chi connectivity index (χ2n) is 11.0. The van der Waals surface area contributed by atoms with E-state index in [1.807, 2.05) is 42.4 Å². The van der Waals surface area contributed by atoms with Gasteiger partial charge in [-0.3, -0.25) is 9.89 Å². The molecule has 46 heavy (non-hydrogen) atoms. The first kappa shape index (κ1) is 34.3. The average molecular weight is 707 g/mol. The summed E-state index contributed by atoms with van der Waals surface area (Å²) < 4.78 is 48.1. The number of rotatable bonds is 9. The monoisotopic (exact) mass is 705 g/mol. The van der Waals surface area contributed by atoms with Crippen molar-refractivity contribution in [2.75, 3.05) is 52.6 Å². The lowest BCUT2D eigenvalue weighted by molar-refractivity contribution is 0.144. The number of amidine groups is 1. The van der Waals surface area contributed by atoms with Crippen molar-refractivity contribution in [2.24, 2.45) is 4.99 Å². The van der Waals surface area contributed by atoms with E-state index in [2.05, 4.69) is 0 Å². The molecular weight excluding hydrogens is 669 g/mol. The maximum absolute atomic E-state index is 14.7. The van der Waals surface area contributed by atoms with E-state index in [1.54, 1.807) is 40.1 Å². The Balaban J connectivity index is 1.70. The van der Waals surface area contributed by atoms with Gasteiger partial charge >= 0.3 is 6.03 Å². The van der Waals surface area contributed by atoms with Crippen LogP contribution in [0.4, 0.5) is 4.79 Å². The van der Waals surface area contributed by atoms with Gasteiger partial charge in [0.2, 0.25) is 10.0 Å². The molecule has 3 atom stereocenters. The fourth-order valence-electron chi connectivity index (χ4n) is 5.61. The first-order valence-electron chi connectivity index (χ1n) is 15.0. The molecule has 2 aliphatic heterocycles. The van der Waals surface area contributed by atoms with Gasteiger partial charge in [0.1, 0.15) is 17.6 Å². The summed E-state index contributed by atoms with van der Waals surface area (Å²) in [6.45, 7) is 5.65. The summed E-state index contributed by atoms with van der Waals surface area (Å²) >= 11 is 12.5. The number of nitrogens with zero attached hydrogens (tertiary/aromatic N) is 5. The number of benzene rings is 3. The van der Waals surface area contributed by atoms with Gasteiger partial charge in [0.25, 0.3) is 0 Å². The first-order valence-corrected chi connectivity index (χ1v) is 18.4. The van der Waals surface area contributed by atoms with Gasteiger partial charge in [0.15, 0.2) is 0 Å². The minimum Gasteiger partial charge on any atom is -0.493 e. The third-order valence-electron chi connectivity index (χ3n) is 8.01. The summed E-state index contributed by atoms with van der Waals surface area (Å²) in [5, 5.41) is 1.11. The molecule has 0 saturated carbocycles. The van der Waals surface area contributed by atoms with Crippen molar-refractivity contribution < 1.29 is 22.2 Å². The number of amides is 2. The quantitative estimate of drug-likeness (QED) is 0.288. The van der Waals surface area contributed by atoms with Crippen LogP contribution in [0.25, 0.3) is 0 Å². The largest absolute Gasteiger partial charge is 0.493 e. The highest BCUT2D eigenvalue weighted by molar-refractivity contribution is 7.89. The molecule has 246 valence electrons. The number of hydrogen-bond acceptors (Lipinski definition) is 6.